The highest BCUT2D eigenvalue weighted by Gasteiger charge is 2.25. The highest BCUT2D eigenvalue weighted by atomic mass is 32.1. The average Bonchev–Trinajstić information content (AvgIpc) is 3.03. The van der Waals surface area contributed by atoms with E-state index in [1.54, 1.807) is 13.8 Å². The summed E-state index contributed by atoms with van der Waals surface area (Å²) in [4.78, 5) is 43.1. The summed E-state index contributed by atoms with van der Waals surface area (Å²) >= 11 is 1.16. The maximum absolute atomic E-state index is 13.0. The Labute approximate surface area is 172 Å². The molecule has 3 aromatic rings. The van der Waals surface area contributed by atoms with Crippen molar-refractivity contribution >= 4 is 39.1 Å². The number of aromatic nitrogens is 2. The number of nitrogens with zero attached hydrogens (tertiary/aromatic N) is 2. The van der Waals surface area contributed by atoms with Crippen LogP contribution in [-0.4, -0.2) is 28.5 Å². The molecule has 1 aromatic carbocycles. The highest BCUT2D eigenvalue weighted by Crippen LogP contribution is 2.29. The topological polar surface area (TPSA) is 90.3 Å². The zero-order valence-electron chi connectivity index (χ0n) is 17.0. The number of ether oxygens (including phenoxy) is 1. The first-order valence-corrected chi connectivity index (χ1v) is 10.1. The molecular formula is C21H23N3O4S. The molecular weight excluding hydrogens is 390 g/mol. The van der Waals surface area contributed by atoms with Gasteiger partial charge in [-0.15, -0.1) is 11.3 Å². The molecule has 0 fully saturated rings. The Bertz CT molecular complexity index is 1160. The van der Waals surface area contributed by atoms with Crippen LogP contribution in [0.2, 0.25) is 0 Å². The van der Waals surface area contributed by atoms with E-state index in [9.17, 15) is 14.4 Å². The van der Waals surface area contributed by atoms with Crippen molar-refractivity contribution in [2.75, 3.05) is 12.4 Å². The molecule has 0 saturated heterocycles. The van der Waals surface area contributed by atoms with Gasteiger partial charge in [-0.3, -0.25) is 14.2 Å². The third kappa shape index (κ3) is 3.80. The number of hydrogen-bond acceptors (Lipinski definition) is 6. The number of amides is 1. The van der Waals surface area contributed by atoms with Crippen molar-refractivity contribution in [3.8, 4) is 0 Å². The summed E-state index contributed by atoms with van der Waals surface area (Å²) in [5.74, 6) is -0.792. The molecule has 7 nitrogen and oxygen atoms in total. The summed E-state index contributed by atoms with van der Waals surface area (Å²) in [6, 6.07) is 5.03. The number of thiophene rings is 1. The molecule has 29 heavy (non-hydrogen) atoms. The third-order valence-corrected chi connectivity index (χ3v) is 6.11. The van der Waals surface area contributed by atoms with E-state index in [0.717, 1.165) is 28.2 Å². The molecule has 3 rings (SSSR count). The van der Waals surface area contributed by atoms with Crippen LogP contribution in [0.1, 0.15) is 45.7 Å². The Morgan fingerprint density at radius 3 is 2.62 bits per heavy atom. The number of fused-ring (bicyclic) bond motifs is 1. The van der Waals surface area contributed by atoms with E-state index in [-0.39, 0.29) is 11.5 Å². The lowest BCUT2D eigenvalue weighted by molar-refractivity contribution is -0.144. The van der Waals surface area contributed by atoms with E-state index in [0.29, 0.717) is 27.1 Å². The Balaban J connectivity index is 2.04. The predicted octanol–water partition coefficient (Wildman–Crippen LogP) is 3.76. The first-order chi connectivity index (χ1) is 13.8. The number of anilines is 1. The summed E-state index contributed by atoms with van der Waals surface area (Å²) in [6.45, 7) is 7.44. The molecule has 1 N–H and O–H groups in total. The van der Waals surface area contributed by atoms with Gasteiger partial charge < -0.3 is 10.1 Å². The Morgan fingerprint density at radius 2 is 2.00 bits per heavy atom. The molecule has 1 amide bonds. The van der Waals surface area contributed by atoms with Gasteiger partial charge in [0.25, 0.3) is 11.5 Å². The number of carbonyl (C=O) groups excluding carboxylic acids is 2. The van der Waals surface area contributed by atoms with Crippen LogP contribution in [0.4, 0.5) is 5.69 Å². The predicted molar refractivity (Wildman–Crippen MR) is 114 cm³/mol. The van der Waals surface area contributed by atoms with Crippen molar-refractivity contribution in [2.45, 2.75) is 40.2 Å². The quantitative estimate of drug-likeness (QED) is 0.643. The van der Waals surface area contributed by atoms with E-state index < -0.39 is 12.0 Å². The minimum absolute atomic E-state index is 0.289. The fraction of sp³-hybridized carbons (Fsp3) is 0.333. The van der Waals surface area contributed by atoms with Crippen molar-refractivity contribution in [3.63, 3.8) is 0 Å². The van der Waals surface area contributed by atoms with Gasteiger partial charge >= 0.3 is 5.97 Å². The lowest BCUT2D eigenvalue weighted by atomic mass is 10.1. The minimum atomic E-state index is -0.754. The molecule has 0 aliphatic heterocycles. The Kier molecular flexibility index (Phi) is 5.83. The SMILES string of the molecule is CC[C@H](C(=O)OC)n1cnc2sc(C(=O)Nc3ccc(C)cc3C)c(C)c2c1=O. The van der Waals surface area contributed by atoms with Crippen LogP contribution in [0.3, 0.4) is 0 Å². The van der Waals surface area contributed by atoms with Crippen LogP contribution >= 0.6 is 11.3 Å². The number of aryl methyl sites for hydroxylation is 3. The number of methoxy groups -OCH3 is 1. The van der Waals surface area contributed by atoms with Crippen LogP contribution < -0.4 is 10.9 Å². The molecule has 0 aliphatic rings. The number of hydrogen-bond donors (Lipinski definition) is 1. The third-order valence-electron chi connectivity index (χ3n) is 4.91. The second-order valence-electron chi connectivity index (χ2n) is 6.91. The smallest absolute Gasteiger partial charge is 0.329 e. The number of benzene rings is 1. The zero-order chi connectivity index (χ0) is 21.3. The molecule has 152 valence electrons. The van der Waals surface area contributed by atoms with Gasteiger partial charge in [0, 0.05) is 5.69 Å². The molecule has 2 aromatic heterocycles. The molecule has 2 heterocycles. The maximum atomic E-state index is 13.0. The van der Waals surface area contributed by atoms with Gasteiger partial charge in [-0.2, -0.15) is 0 Å². The van der Waals surface area contributed by atoms with E-state index >= 15 is 0 Å². The van der Waals surface area contributed by atoms with Gasteiger partial charge in [0.05, 0.1) is 23.7 Å². The largest absolute Gasteiger partial charge is 0.467 e. The lowest BCUT2D eigenvalue weighted by Gasteiger charge is -2.15. The number of esters is 1. The van der Waals surface area contributed by atoms with Crippen LogP contribution in [-0.2, 0) is 9.53 Å². The van der Waals surface area contributed by atoms with Crippen LogP contribution in [0.15, 0.2) is 29.3 Å². The lowest BCUT2D eigenvalue weighted by Crippen LogP contribution is -2.30. The van der Waals surface area contributed by atoms with Gasteiger partial charge in [0.2, 0.25) is 0 Å². The van der Waals surface area contributed by atoms with Crippen LogP contribution in [0, 0.1) is 20.8 Å². The zero-order valence-corrected chi connectivity index (χ0v) is 17.8. The number of rotatable bonds is 5. The van der Waals surface area contributed by atoms with E-state index in [2.05, 4.69) is 10.3 Å². The van der Waals surface area contributed by atoms with Gasteiger partial charge in [-0.1, -0.05) is 24.6 Å². The molecule has 0 saturated carbocycles. The summed E-state index contributed by atoms with van der Waals surface area (Å²) in [7, 11) is 1.29. The summed E-state index contributed by atoms with van der Waals surface area (Å²) in [6.07, 6.45) is 1.74. The first-order valence-electron chi connectivity index (χ1n) is 9.25. The number of carbonyl (C=O) groups is 2. The van der Waals surface area contributed by atoms with Crippen molar-refractivity contribution in [3.05, 3.63) is 56.4 Å². The van der Waals surface area contributed by atoms with Crippen LogP contribution in [0.25, 0.3) is 10.2 Å². The van der Waals surface area contributed by atoms with Gasteiger partial charge in [-0.05, 0) is 44.4 Å². The molecule has 0 spiro atoms. The van der Waals surface area contributed by atoms with E-state index in [1.807, 2.05) is 32.0 Å². The summed E-state index contributed by atoms with van der Waals surface area (Å²) in [5.41, 5.74) is 2.99. The van der Waals surface area contributed by atoms with Gasteiger partial charge in [-0.25, -0.2) is 9.78 Å². The van der Waals surface area contributed by atoms with E-state index in [4.69, 9.17) is 4.74 Å². The second kappa shape index (κ2) is 8.16. The van der Waals surface area contributed by atoms with Gasteiger partial charge in [0.1, 0.15) is 10.9 Å². The normalized spacial score (nSPS) is 12.0. The van der Waals surface area contributed by atoms with Crippen LogP contribution in [0.5, 0.6) is 0 Å². The molecule has 0 aliphatic carbocycles. The Morgan fingerprint density at radius 1 is 1.28 bits per heavy atom. The minimum Gasteiger partial charge on any atom is -0.467 e. The average molecular weight is 413 g/mol. The van der Waals surface area contributed by atoms with Crippen molar-refractivity contribution in [2.24, 2.45) is 0 Å². The highest BCUT2D eigenvalue weighted by molar-refractivity contribution is 7.20. The first kappa shape index (κ1) is 20.7. The standard InChI is InChI=1S/C21H23N3O4S/c1-6-15(21(27)28-5)24-10-22-19-16(20(24)26)13(4)17(29-19)18(25)23-14-8-7-11(2)9-12(14)3/h7-10,15H,6H2,1-5H3,(H,23,25)/t15-/m1/s1. The number of nitrogens with one attached hydrogen (secondary N) is 1. The summed E-state index contributed by atoms with van der Waals surface area (Å²) < 4.78 is 6.07. The molecule has 8 heteroatoms. The van der Waals surface area contributed by atoms with Crippen molar-refractivity contribution in [1.82, 2.24) is 9.55 Å². The van der Waals surface area contributed by atoms with Gasteiger partial charge in [0.15, 0.2) is 0 Å². The fourth-order valence-electron chi connectivity index (χ4n) is 3.32. The van der Waals surface area contributed by atoms with Crippen molar-refractivity contribution in [1.29, 1.82) is 0 Å². The molecule has 1 atom stereocenters. The summed E-state index contributed by atoms with van der Waals surface area (Å²) in [5, 5.41) is 3.26. The second-order valence-corrected chi connectivity index (χ2v) is 7.91. The van der Waals surface area contributed by atoms with Crippen molar-refractivity contribution < 1.29 is 14.3 Å². The fourth-order valence-corrected chi connectivity index (χ4v) is 4.36. The molecule has 0 bridgehead atoms. The monoisotopic (exact) mass is 413 g/mol. The van der Waals surface area contributed by atoms with E-state index in [1.165, 1.54) is 18.0 Å². The molecule has 0 unspecified atom stereocenters. The maximum Gasteiger partial charge on any atom is 0.329 e. The Hall–Kier alpha value is -3.00. The molecule has 0 radical (unpaired) electrons.